The summed E-state index contributed by atoms with van der Waals surface area (Å²) in [6, 6.07) is 4.90. The van der Waals surface area contributed by atoms with Crippen LogP contribution in [0.1, 0.15) is 36.8 Å². The van der Waals surface area contributed by atoms with Crippen molar-refractivity contribution in [2.75, 3.05) is 0 Å². The van der Waals surface area contributed by atoms with E-state index in [4.69, 9.17) is 0 Å². The molecule has 5 heteroatoms. The summed E-state index contributed by atoms with van der Waals surface area (Å²) in [5, 5.41) is 0. The summed E-state index contributed by atoms with van der Waals surface area (Å²) in [7, 11) is 0. The largest absolute Gasteiger partial charge is 0.446 e. The van der Waals surface area contributed by atoms with Crippen molar-refractivity contribution in [3.8, 4) is 0 Å². The highest BCUT2D eigenvalue weighted by atomic mass is 32.2. The van der Waals surface area contributed by atoms with E-state index in [0.717, 1.165) is 36.0 Å². The van der Waals surface area contributed by atoms with Crippen LogP contribution in [0, 0.1) is 5.41 Å². The lowest BCUT2D eigenvalue weighted by Gasteiger charge is -2.34. The first-order valence-electron chi connectivity index (χ1n) is 6.89. The van der Waals surface area contributed by atoms with Gasteiger partial charge in [0, 0.05) is 23.2 Å². The second-order valence-electron chi connectivity index (χ2n) is 5.84. The number of hydrogen-bond donors (Lipinski definition) is 0. The molecule has 0 unspecified atom stereocenters. The summed E-state index contributed by atoms with van der Waals surface area (Å²) in [6.07, 6.45) is 3.43. The molecule has 3 rings (SSSR count). The number of carbonyl (C=O) groups excluding carboxylic acids is 1. The maximum absolute atomic E-state index is 12.5. The molecule has 0 heterocycles. The van der Waals surface area contributed by atoms with Crippen LogP contribution in [0.5, 0.6) is 0 Å². The van der Waals surface area contributed by atoms with Gasteiger partial charge >= 0.3 is 5.51 Å². The van der Waals surface area contributed by atoms with Gasteiger partial charge in [0.15, 0.2) is 0 Å². The Morgan fingerprint density at radius 3 is 2.48 bits per heavy atom. The van der Waals surface area contributed by atoms with Crippen LogP contribution in [0.2, 0.25) is 0 Å². The molecule has 1 spiro atoms. The van der Waals surface area contributed by atoms with Crippen LogP contribution in [-0.4, -0.2) is 11.3 Å². The molecule has 2 aliphatic rings. The van der Waals surface area contributed by atoms with E-state index in [2.05, 4.69) is 6.58 Å². The zero-order valence-electron chi connectivity index (χ0n) is 11.4. The summed E-state index contributed by atoms with van der Waals surface area (Å²) < 4.78 is 37.5. The van der Waals surface area contributed by atoms with Gasteiger partial charge in [0.1, 0.15) is 5.78 Å². The predicted molar refractivity (Wildman–Crippen MR) is 77.0 cm³/mol. The van der Waals surface area contributed by atoms with Gasteiger partial charge in [0.2, 0.25) is 0 Å². The minimum atomic E-state index is -4.27. The quantitative estimate of drug-likeness (QED) is 0.679. The van der Waals surface area contributed by atoms with Crippen LogP contribution >= 0.6 is 11.8 Å². The molecule has 0 radical (unpaired) electrons. The van der Waals surface area contributed by atoms with E-state index in [1.54, 1.807) is 12.1 Å². The first-order chi connectivity index (χ1) is 9.79. The van der Waals surface area contributed by atoms with Crippen molar-refractivity contribution in [3.63, 3.8) is 0 Å². The number of carbonyl (C=O) groups is 1. The molecule has 1 fully saturated rings. The van der Waals surface area contributed by atoms with Gasteiger partial charge in [-0.3, -0.25) is 4.79 Å². The van der Waals surface area contributed by atoms with E-state index in [1.165, 1.54) is 6.07 Å². The summed E-state index contributed by atoms with van der Waals surface area (Å²) in [5.41, 5.74) is -1.57. The topological polar surface area (TPSA) is 17.1 Å². The van der Waals surface area contributed by atoms with E-state index in [0.29, 0.717) is 12.8 Å². The molecular weight excluding hydrogens is 297 g/mol. The van der Waals surface area contributed by atoms with Crippen molar-refractivity contribution in [3.05, 3.63) is 35.9 Å². The zero-order valence-corrected chi connectivity index (χ0v) is 12.2. The number of halogens is 3. The van der Waals surface area contributed by atoms with Crippen molar-refractivity contribution in [1.29, 1.82) is 0 Å². The molecule has 0 amide bonds. The molecule has 0 atom stereocenters. The standard InChI is InChI=1S/C16H15F3OS/c1-10-14-8-13(21-16(17,18)19)3-2-11(14)9-15(10)6-4-12(20)5-7-15/h2-3,8H,1,4-7,9H2. The third-order valence-corrected chi connectivity index (χ3v) is 5.29. The molecule has 1 aromatic carbocycles. The number of ketones is 1. The highest BCUT2D eigenvalue weighted by Gasteiger charge is 2.43. The van der Waals surface area contributed by atoms with Gasteiger partial charge in [0.25, 0.3) is 0 Å². The lowest BCUT2D eigenvalue weighted by molar-refractivity contribution is -0.121. The Kier molecular flexibility index (Phi) is 3.43. The number of benzene rings is 1. The molecular formula is C16H15F3OS. The third-order valence-electron chi connectivity index (χ3n) is 4.57. The van der Waals surface area contributed by atoms with Crippen molar-refractivity contribution in [2.24, 2.45) is 5.41 Å². The highest BCUT2D eigenvalue weighted by Crippen LogP contribution is 2.54. The minimum Gasteiger partial charge on any atom is -0.300 e. The second kappa shape index (κ2) is 4.90. The Labute approximate surface area is 125 Å². The van der Waals surface area contributed by atoms with Gasteiger partial charge in [-0.2, -0.15) is 13.2 Å². The SMILES string of the molecule is C=C1c2cc(SC(F)(F)F)ccc2CC12CCC(=O)CC2. The second-order valence-corrected chi connectivity index (χ2v) is 6.98. The van der Waals surface area contributed by atoms with E-state index in [-0.39, 0.29) is 27.9 Å². The van der Waals surface area contributed by atoms with Gasteiger partial charge in [-0.25, -0.2) is 0 Å². The Balaban J connectivity index is 1.88. The Hall–Kier alpha value is -1.23. The minimum absolute atomic E-state index is 0.0910. The number of thioether (sulfide) groups is 1. The predicted octanol–water partition coefficient (Wildman–Crippen LogP) is 5.00. The number of fused-ring (bicyclic) bond motifs is 1. The molecule has 0 bridgehead atoms. The molecule has 1 aromatic rings. The highest BCUT2D eigenvalue weighted by molar-refractivity contribution is 8.00. The molecule has 0 aromatic heterocycles. The smallest absolute Gasteiger partial charge is 0.300 e. The molecule has 0 aliphatic heterocycles. The number of Topliss-reactive ketones (excluding diaryl/α,β-unsaturated/α-hetero) is 1. The molecule has 1 saturated carbocycles. The fraction of sp³-hybridized carbons (Fsp3) is 0.438. The lowest BCUT2D eigenvalue weighted by atomic mass is 9.69. The molecule has 2 aliphatic carbocycles. The fourth-order valence-electron chi connectivity index (χ4n) is 3.43. The lowest BCUT2D eigenvalue weighted by Crippen LogP contribution is -2.27. The number of hydrogen-bond acceptors (Lipinski definition) is 2. The van der Waals surface area contributed by atoms with Crippen molar-refractivity contribution in [1.82, 2.24) is 0 Å². The Morgan fingerprint density at radius 2 is 1.86 bits per heavy atom. The van der Waals surface area contributed by atoms with Gasteiger partial charge in [-0.05, 0) is 59.9 Å². The van der Waals surface area contributed by atoms with Crippen molar-refractivity contribution < 1.29 is 18.0 Å². The van der Waals surface area contributed by atoms with E-state index in [1.807, 2.05) is 0 Å². The molecule has 1 nitrogen and oxygen atoms in total. The molecule has 0 saturated heterocycles. The van der Waals surface area contributed by atoms with Crippen LogP contribution in [0.25, 0.3) is 5.57 Å². The molecule has 112 valence electrons. The summed E-state index contributed by atoms with van der Waals surface area (Å²) in [4.78, 5) is 11.6. The summed E-state index contributed by atoms with van der Waals surface area (Å²) >= 11 is -0.0910. The van der Waals surface area contributed by atoms with Gasteiger partial charge < -0.3 is 0 Å². The van der Waals surface area contributed by atoms with Crippen LogP contribution in [0.3, 0.4) is 0 Å². The monoisotopic (exact) mass is 312 g/mol. The third kappa shape index (κ3) is 2.76. The van der Waals surface area contributed by atoms with Crippen LogP contribution in [0.4, 0.5) is 13.2 Å². The Morgan fingerprint density at radius 1 is 1.19 bits per heavy atom. The van der Waals surface area contributed by atoms with Gasteiger partial charge in [-0.15, -0.1) is 0 Å². The summed E-state index contributed by atoms with van der Waals surface area (Å²) in [5.74, 6) is 0.276. The molecule has 21 heavy (non-hydrogen) atoms. The number of alkyl halides is 3. The number of rotatable bonds is 1. The van der Waals surface area contributed by atoms with Crippen LogP contribution in [0.15, 0.2) is 29.7 Å². The van der Waals surface area contributed by atoms with Crippen LogP contribution in [-0.2, 0) is 11.2 Å². The van der Waals surface area contributed by atoms with E-state index >= 15 is 0 Å². The van der Waals surface area contributed by atoms with E-state index < -0.39 is 5.51 Å². The molecule has 0 N–H and O–H groups in total. The van der Waals surface area contributed by atoms with Gasteiger partial charge in [-0.1, -0.05) is 12.6 Å². The zero-order chi connectivity index (χ0) is 15.3. The van der Waals surface area contributed by atoms with Crippen molar-refractivity contribution >= 4 is 23.1 Å². The average molecular weight is 312 g/mol. The average Bonchev–Trinajstić information content (AvgIpc) is 2.66. The van der Waals surface area contributed by atoms with Crippen LogP contribution < -0.4 is 0 Å². The van der Waals surface area contributed by atoms with E-state index in [9.17, 15) is 18.0 Å². The first kappa shape index (κ1) is 14.7. The summed E-state index contributed by atoms with van der Waals surface area (Å²) in [6.45, 7) is 4.13. The number of allylic oxidation sites excluding steroid dienone is 1. The Bertz CT molecular complexity index is 608. The maximum atomic E-state index is 12.5. The first-order valence-corrected chi connectivity index (χ1v) is 7.71. The van der Waals surface area contributed by atoms with Crippen molar-refractivity contribution in [2.45, 2.75) is 42.5 Å². The fourth-order valence-corrected chi connectivity index (χ4v) is 4.01. The maximum Gasteiger partial charge on any atom is 0.446 e. The van der Waals surface area contributed by atoms with Gasteiger partial charge in [0.05, 0.1) is 0 Å². The normalized spacial score (nSPS) is 20.9.